The fourth-order valence-corrected chi connectivity index (χ4v) is 5.17. The van der Waals surface area contributed by atoms with Crippen molar-refractivity contribution in [2.75, 3.05) is 14.2 Å². The molecule has 2 aromatic rings. The molecule has 0 aliphatic heterocycles. The second-order valence-electron chi connectivity index (χ2n) is 13.3. The Morgan fingerprint density at radius 1 is 0.707 bits per heavy atom. The molecule has 41 heavy (non-hydrogen) atoms. The molecule has 0 saturated heterocycles. The summed E-state index contributed by atoms with van der Waals surface area (Å²) in [6, 6.07) is 15.5. The highest BCUT2D eigenvalue weighted by Gasteiger charge is 2.39. The predicted octanol–water partition coefficient (Wildman–Crippen LogP) is 7.32. The molecule has 0 aliphatic rings. The van der Waals surface area contributed by atoms with Gasteiger partial charge >= 0.3 is 11.9 Å². The molecule has 0 spiro atoms. The molecule has 0 aromatic heterocycles. The van der Waals surface area contributed by atoms with Crippen molar-refractivity contribution in [3.05, 3.63) is 59.7 Å². The molecule has 1 unspecified atom stereocenters. The normalized spacial score (nSPS) is 12.9. The lowest BCUT2D eigenvalue weighted by atomic mass is 10.1. The van der Waals surface area contributed by atoms with Crippen LogP contribution in [0.15, 0.2) is 48.5 Å². The predicted molar refractivity (Wildman–Crippen MR) is 171 cm³/mol. The molecule has 2 aromatic carbocycles. The Balaban J connectivity index is 0.000000410. The molecule has 1 N–H and O–H groups in total. The average molecular weight is 605 g/mol. The zero-order chi connectivity index (χ0) is 31.6. The molecule has 0 amide bonds. The van der Waals surface area contributed by atoms with Gasteiger partial charge in [0.25, 0.3) is 0 Å². The molecule has 7 nitrogen and oxygen atoms in total. The summed E-state index contributed by atoms with van der Waals surface area (Å²) in [7, 11) is -0.941. The average Bonchev–Trinajstić information content (AvgIpc) is 2.87. The summed E-state index contributed by atoms with van der Waals surface area (Å²) in [6.45, 7) is 22.1. The highest BCUT2D eigenvalue weighted by molar-refractivity contribution is 6.75. The van der Waals surface area contributed by atoms with E-state index in [1.54, 1.807) is 0 Å². The van der Waals surface area contributed by atoms with Crippen molar-refractivity contribution >= 4 is 28.6 Å². The quantitative estimate of drug-likeness (QED) is 0.224. The number of aliphatic hydroxyl groups is 1. The maximum atomic E-state index is 11.2. The van der Waals surface area contributed by atoms with E-state index in [4.69, 9.17) is 8.85 Å². The number of hydrogen-bond acceptors (Lipinski definition) is 7. The van der Waals surface area contributed by atoms with Crippen LogP contribution in [-0.4, -0.2) is 54.0 Å². The topological polar surface area (TPSA) is 91.3 Å². The van der Waals surface area contributed by atoms with Crippen LogP contribution in [0.3, 0.4) is 0 Å². The first-order valence-corrected chi connectivity index (χ1v) is 19.9. The second kappa shape index (κ2) is 15.0. The fraction of sp³-hybridized carbons (Fsp3) is 0.562. The van der Waals surface area contributed by atoms with E-state index in [-0.39, 0.29) is 22.5 Å². The van der Waals surface area contributed by atoms with Crippen molar-refractivity contribution in [3.8, 4) is 11.5 Å². The summed E-state index contributed by atoms with van der Waals surface area (Å²) in [5, 5.41) is 9.97. The lowest BCUT2D eigenvalue weighted by Gasteiger charge is -2.36. The lowest BCUT2D eigenvalue weighted by Crippen LogP contribution is -2.43. The Labute approximate surface area is 249 Å². The number of esters is 2. The van der Waals surface area contributed by atoms with Gasteiger partial charge in [-0.1, -0.05) is 65.8 Å². The number of aryl methyl sites for hydroxylation is 1. The third kappa shape index (κ3) is 12.0. The molecular formula is C32H52O7Si2. The van der Waals surface area contributed by atoms with Gasteiger partial charge in [-0.05, 0) is 78.1 Å². The maximum Gasteiger partial charge on any atom is 0.335 e. The number of methoxy groups -OCH3 is 2. The minimum absolute atomic E-state index is 0.146. The van der Waals surface area contributed by atoms with E-state index in [0.29, 0.717) is 12.8 Å². The van der Waals surface area contributed by atoms with Gasteiger partial charge in [-0.15, -0.1) is 0 Å². The van der Waals surface area contributed by atoms with Crippen LogP contribution >= 0.6 is 0 Å². The largest absolute Gasteiger partial charge is 0.544 e. The van der Waals surface area contributed by atoms with Crippen molar-refractivity contribution in [1.82, 2.24) is 0 Å². The third-order valence-corrected chi connectivity index (χ3v) is 16.7. The Morgan fingerprint density at radius 2 is 1.10 bits per heavy atom. The first-order chi connectivity index (χ1) is 18.7. The van der Waals surface area contributed by atoms with E-state index in [2.05, 4.69) is 77.2 Å². The van der Waals surface area contributed by atoms with Crippen LogP contribution in [0.25, 0.3) is 0 Å². The summed E-state index contributed by atoms with van der Waals surface area (Å²) in [4.78, 5) is 22.3. The van der Waals surface area contributed by atoms with E-state index in [1.165, 1.54) is 14.2 Å². The highest BCUT2D eigenvalue weighted by Crippen LogP contribution is 2.38. The molecule has 1 atom stereocenters. The number of rotatable bonds is 10. The minimum Gasteiger partial charge on any atom is -0.544 e. The molecular weight excluding hydrogens is 553 g/mol. The van der Waals surface area contributed by atoms with Gasteiger partial charge in [-0.3, -0.25) is 4.79 Å². The van der Waals surface area contributed by atoms with Crippen LogP contribution < -0.4 is 8.85 Å². The van der Waals surface area contributed by atoms with Gasteiger partial charge in [0.15, 0.2) is 6.10 Å². The molecule has 0 radical (unpaired) electrons. The van der Waals surface area contributed by atoms with Crippen molar-refractivity contribution in [3.63, 3.8) is 0 Å². The van der Waals surface area contributed by atoms with Crippen LogP contribution in [0.4, 0.5) is 0 Å². The van der Waals surface area contributed by atoms with E-state index in [0.717, 1.165) is 22.6 Å². The monoisotopic (exact) mass is 604 g/mol. The summed E-state index contributed by atoms with van der Waals surface area (Å²) in [6.07, 6.45) is 0.237. The maximum absolute atomic E-state index is 11.2. The zero-order valence-electron chi connectivity index (χ0n) is 27.2. The molecule has 9 heteroatoms. The number of ether oxygens (including phenoxy) is 2. The standard InChI is InChI=1S/C16H26O4Si.C16H26O3Si/c1-16(2,3)21(5,6)20-13-9-7-12(8-10-13)11-14(17)15(18)19-4;1-16(2,3)20(5,6)19-14-10-7-13(8-11-14)9-12-15(17)18-4/h7-10,14,17H,11H2,1-6H3;7-8,10-11H,9,12H2,1-6H3. The van der Waals surface area contributed by atoms with E-state index in [9.17, 15) is 14.7 Å². The van der Waals surface area contributed by atoms with Crippen molar-refractivity contribution < 1.29 is 33.0 Å². The van der Waals surface area contributed by atoms with Gasteiger partial charge < -0.3 is 23.4 Å². The number of hydrogen-bond donors (Lipinski definition) is 1. The molecule has 230 valence electrons. The number of benzene rings is 2. The molecule has 0 aliphatic carbocycles. The van der Waals surface area contributed by atoms with Crippen LogP contribution in [0, 0.1) is 0 Å². The highest BCUT2D eigenvalue weighted by atomic mass is 28.4. The summed E-state index contributed by atoms with van der Waals surface area (Å²) in [5.41, 5.74) is 1.99. The van der Waals surface area contributed by atoms with Gasteiger partial charge in [0, 0.05) is 12.8 Å². The van der Waals surface area contributed by atoms with Gasteiger partial charge in [0.2, 0.25) is 16.6 Å². The molecule has 0 bridgehead atoms. The van der Waals surface area contributed by atoms with Crippen molar-refractivity contribution in [1.29, 1.82) is 0 Å². The third-order valence-electron chi connectivity index (χ3n) is 7.95. The Kier molecular flexibility index (Phi) is 13.3. The summed E-state index contributed by atoms with van der Waals surface area (Å²) < 4.78 is 21.5. The molecule has 2 rings (SSSR count). The van der Waals surface area contributed by atoms with Crippen LogP contribution in [0.1, 0.15) is 59.1 Å². The number of carbonyl (C=O) groups excluding carboxylic acids is 2. The second-order valence-corrected chi connectivity index (χ2v) is 22.8. The van der Waals surface area contributed by atoms with Gasteiger partial charge in [0.05, 0.1) is 14.2 Å². The van der Waals surface area contributed by atoms with Gasteiger partial charge in [-0.2, -0.15) is 0 Å². The van der Waals surface area contributed by atoms with E-state index < -0.39 is 28.7 Å². The fourth-order valence-electron chi connectivity index (χ4n) is 3.10. The van der Waals surface area contributed by atoms with Crippen molar-refractivity contribution in [2.45, 2.75) is 103 Å². The summed E-state index contributed by atoms with van der Waals surface area (Å²) >= 11 is 0. The first-order valence-electron chi connectivity index (χ1n) is 14.1. The smallest absolute Gasteiger partial charge is 0.335 e. The molecule has 0 heterocycles. The molecule has 0 fully saturated rings. The van der Waals surface area contributed by atoms with Gasteiger partial charge in [0.1, 0.15) is 11.5 Å². The zero-order valence-corrected chi connectivity index (χ0v) is 29.2. The van der Waals surface area contributed by atoms with Gasteiger partial charge in [-0.25, -0.2) is 4.79 Å². The minimum atomic E-state index is -1.84. The number of carbonyl (C=O) groups is 2. The van der Waals surface area contributed by atoms with Crippen LogP contribution in [0.2, 0.25) is 36.3 Å². The van der Waals surface area contributed by atoms with Crippen LogP contribution in [0.5, 0.6) is 11.5 Å². The van der Waals surface area contributed by atoms with Crippen LogP contribution in [-0.2, 0) is 31.9 Å². The summed E-state index contributed by atoms with van der Waals surface area (Å²) in [5.74, 6) is 0.958. The lowest BCUT2D eigenvalue weighted by molar-refractivity contribution is -0.150. The molecule has 0 saturated carbocycles. The Bertz CT molecular complexity index is 1100. The van der Waals surface area contributed by atoms with E-state index in [1.807, 2.05) is 48.5 Å². The first kappa shape index (κ1) is 36.4. The van der Waals surface area contributed by atoms with E-state index >= 15 is 0 Å². The number of aliphatic hydroxyl groups excluding tert-OH is 1. The Hall–Kier alpha value is -2.63. The Morgan fingerprint density at radius 3 is 1.44 bits per heavy atom. The SMILES string of the molecule is COC(=O)C(O)Cc1ccc(O[Si](C)(C)C(C)(C)C)cc1.COC(=O)CCc1ccc(O[Si](C)(C)C(C)(C)C)cc1. The van der Waals surface area contributed by atoms with Crippen molar-refractivity contribution in [2.24, 2.45) is 0 Å².